The van der Waals surface area contributed by atoms with Crippen LogP contribution in [0.4, 0.5) is 14.7 Å². The van der Waals surface area contributed by atoms with E-state index < -0.39 is 11.6 Å². The van der Waals surface area contributed by atoms with Crippen LogP contribution in [0.25, 0.3) is 0 Å². The molecule has 1 heterocycles. The summed E-state index contributed by atoms with van der Waals surface area (Å²) in [5.74, 6) is -0.914. The van der Waals surface area contributed by atoms with E-state index in [0.29, 0.717) is 11.5 Å². The predicted molar refractivity (Wildman–Crippen MR) is 75.2 cm³/mol. The van der Waals surface area contributed by atoms with Crippen LogP contribution in [0, 0.1) is 11.6 Å². The van der Waals surface area contributed by atoms with Gasteiger partial charge in [-0.2, -0.15) is 0 Å². The van der Waals surface area contributed by atoms with Crippen LogP contribution in [0.1, 0.15) is 29.7 Å². The van der Waals surface area contributed by atoms with Gasteiger partial charge in [0.05, 0.1) is 5.69 Å². The first-order valence-corrected chi connectivity index (χ1v) is 6.93. The molecule has 1 aliphatic rings. The van der Waals surface area contributed by atoms with Gasteiger partial charge in [0.25, 0.3) is 5.56 Å². The van der Waals surface area contributed by atoms with Gasteiger partial charge in [-0.3, -0.25) is 9.78 Å². The van der Waals surface area contributed by atoms with Crippen LogP contribution in [0.5, 0.6) is 0 Å². The number of aryl methyl sites for hydroxylation is 1. The van der Waals surface area contributed by atoms with Crippen LogP contribution in [-0.4, -0.2) is 9.97 Å². The van der Waals surface area contributed by atoms with Crippen molar-refractivity contribution in [1.29, 1.82) is 0 Å². The molecule has 0 spiro atoms. The lowest BCUT2D eigenvalue weighted by atomic mass is 9.97. The summed E-state index contributed by atoms with van der Waals surface area (Å²) in [6, 6.07) is 3.31. The molecule has 0 saturated heterocycles. The highest BCUT2D eigenvalue weighted by Gasteiger charge is 2.15. The number of hydrogen-bond acceptors (Lipinski definition) is 3. The second-order valence-electron chi connectivity index (χ2n) is 5.18. The predicted octanol–water partition coefficient (Wildman–Crippen LogP) is 2.54. The van der Waals surface area contributed by atoms with E-state index >= 15 is 0 Å². The molecule has 0 fully saturated rings. The quantitative estimate of drug-likeness (QED) is 0.913. The lowest BCUT2D eigenvalue weighted by Gasteiger charge is -2.15. The largest absolute Gasteiger partial charge is 0.352 e. The summed E-state index contributed by atoms with van der Waals surface area (Å²) in [7, 11) is 0. The van der Waals surface area contributed by atoms with E-state index in [0.717, 1.165) is 43.0 Å². The average Bonchev–Trinajstić information content (AvgIpc) is 2.44. The molecule has 4 nitrogen and oxygen atoms in total. The molecule has 0 saturated carbocycles. The van der Waals surface area contributed by atoms with Gasteiger partial charge in [0.1, 0.15) is 11.6 Å². The summed E-state index contributed by atoms with van der Waals surface area (Å²) >= 11 is 0. The van der Waals surface area contributed by atoms with Crippen molar-refractivity contribution < 1.29 is 8.78 Å². The summed E-state index contributed by atoms with van der Waals surface area (Å²) in [4.78, 5) is 19.0. The topological polar surface area (TPSA) is 57.8 Å². The van der Waals surface area contributed by atoms with Crippen molar-refractivity contribution in [3.05, 3.63) is 57.0 Å². The van der Waals surface area contributed by atoms with Gasteiger partial charge < -0.3 is 5.32 Å². The van der Waals surface area contributed by atoms with Crippen molar-refractivity contribution in [1.82, 2.24) is 9.97 Å². The van der Waals surface area contributed by atoms with Gasteiger partial charge in [-0.05, 0) is 43.4 Å². The maximum Gasteiger partial charge on any atom is 0.255 e. The number of fused-ring (bicyclic) bond motifs is 1. The number of aromatic amines is 1. The van der Waals surface area contributed by atoms with Crippen LogP contribution in [0.3, 0.4) is 0 Å². The molecule has 0 unspecified atom stereocenters. The average molecular weight is 291 g/mol. The fourth-order valence-corrected chi connectivity index (χ4v) is 2.59. The third-order valence-corrected chi connectivity index (χ3v) is 3.57. The molecule has 6 heteroatoms. The highest BCUT2D eigenvalue weighted by molar-refractivity contribution is 5.32. The number of hydrogen-bond donors (Lipinski definition) is 2. The van der Waals surface area contributed by atoms with Gasteiger partial charge in [0.2, 0.25) is 5.95 Å². The SMILES string of the molecule is O=c1[nH]c(NCc2cc(F)cc(F)c2)nc2c1CCCC2. The Morgan fingerprint density at radius 1 is 1.14 bits per heavy atom. The number of nitrogens with one attached hydrogen (secondary N) is 2. The standard InChI is InChI=1S/C15H15F2N3O/c16-10-5-9(6-11(17)7-10)8-18-15-19-13-4-2-1-3-12(13)14(21)20-15/h5-7H,1-4,8H2,(H2,18,19,20,21). The van der Waals surface area contributed by atoms with Crippen molar-refractivity contribution in [3.63, 3.8) is 0 Å². The monoisotopic (exact) mass is 291 g/mol. The molecule has 2 N–H and O–H groups in total. The molecule has 21 heavy (non-hydrogen) atoms. The number of aromatic nitrogens is 2. The second kappa shape index (κ2) is 5.63. The maximum atomic E-state index is 13.1. The summed E-state index contributed by atoms with van der Waals surface area (Å²) in [5.41, 5.74) is 1.89. The van der Waals surface area contributed by atoms with E-state index in [1.807, 2.05) is 0 Å². The van der Waals surface area contributed by atoms with E-state index in [9.17, 15) is 13.6 Å². The number of nitrogens with zero attached hydrogens (tertiary/aromatic N) is 1. The summed E-state index contributed by atoms with van der Waals surface area (Å²) in [6.07, 6.45) is 3.58. The number of anilines is 1. The molecule has 1 aliphatic carbocycles. The van der Waals surface area contributed by atoms with Crippen molar-refractivity contribution in [2.75, 3.05) is 5.32 Å². The first-order chi connectivity index (χ1) is 10.1. The Bertz CT molecular complexity index is 707. The Morgan fingerprint density at radius 2 is 1.86 bits per heavy atom. The molecule has 0 amide bonds. The Balaban J connectivity index is 1.79. The molecule has 110 valence electrons. The zero-order chi connectivity index (χ0) is 14.8. The lowest BCUT2D eigenvalue weighted by molar-refractivity contribution is 0.580. The zero-order valence-electron chi connectivity index (χ0n) is 11.4. The zero-order valence-corrected chi connectivity index (χ0v) is 11.4. The molecule has 1 aromatic heterocycles. The minimum Gasteiger partial charge on any atom is -0.352 e. The summed E-state index contributed by atoms with van der Waals surface area (Å²) in [6.45, 7) is 0.191. The Labute approximate surface area is 120 Å². The lowest BCUT2D eigenvalue weighted by Crippen LogP contribution is -2.22. The van der Waals surface area contributed by atoms with Crippen LogP contribution < -0.4 is 10.9 Å². The fraction of sp³-hybridized carbons (Fsp3) is 0.333. The van der Waals surface area contributed by atoms with Gasteiger partial charge in [0.15, 0.2) is 0 Å². The number of H-pyrrole nitrogens is 1. The molecule has 3 rings (SSSR count). The Kier molecular flexibility index (Phi) is 3.68. The minimum atomic E-state index is -0.626. The third-order valence-electron chi connectivity index (χ3n) is 3.57. The highest BCUT2D eigenvalue weighted by Crippen LogP contribution is 2.17. The summed E-state index contributed by atoms with van der Waals surface area (Å²) < 4.78 is 26.2. The molecule has 0 aliphatic heterocycles. The minimum absolute atomic E-state index is 0.132. The van der Waals surface area contributed by atoms with Gasteiger partial charge >= 0.3 is 0 Å². The third kappa shape index (κ3) is 3.09. The van der Waals surface area contributed by atoms with Gasteiger partial charge in [-0.15, -0.1) is 0 Å². The van der Waals surface area contributed by atoms with Crippen LogP contribution in [0.2, 0.25) is 0 Å². The van der Waals surface area contributed by atoms with Crippen LogP contribution >= 0.6 is 0 Å². The van der Waals surface area contributed by atoms with Crippen molar-refractivity contribution in [2.24, 2.45) is 0 Å². The maximum absolute atomic E-state index is 13.1. The van der Waals surface area contributed by atoms with Crippen molar-refractivity contribution in [2.45, 2.75) is 32.2 Å². The summed E-state index contributed by atoms with van der Waals surface area (Å²) in [5, 5.41) is 2.91. The van der Waals surface area contributed by atoms with Gasteiger partial charge in [-0.25, -0.2) is 13.8 Å². The Morgan fingerprint density at radius 3 is 2.62 bits per heavy atom. The molecule has 0 bridgehead atoms. The van der Waals surface area contributed by atoms with E-state index in [4.69, 9.17) is 0 Å². The molecular formula is C15H15F2N3O. The molecule has 0 atom stereocenters. The molecule has 2 aromatic rings. The van der Waals surface area contributed by atoms with Crippen LogP contribution in [0.15, 0.2) is 23.0 Å². The van der Waals surface area contributed by atoms with E-state index in [2.05, 4.69) is 15.3 Å². The fourth-order valence-electron chi connectivity index (χ4n) is 2.59. The van der Waals surface area contributed by atoms with Gasteiger partial charge in [-0.1, -0.05) is 0 Å². The van der Waals surface area contributed by atoms with E-state index in [1.165, 1.54) is 12.1 Å². The number of rotatable bonds is 3. The van der Waals surface area contributed by atoms with Crippen LogP contribution in [-0.2, 0) is 19.4 Å². The normalized spacial score (nSPS) is 13.8. The van der Waals surface area contributed by atoms with Crippen molar-refractivity contribution >= 4 is 5.95 Å². The van der Waals surface area contributed by atoms with Gasteiger partial charge in [0, 0.05) is 18.2 Å². The molecule has 1 aromatic carbocycles. The number of benzene rings is 1. The van der Waals surface area contributed by atoms with Crippen molar-refractivity contribution in [3.8, 4) is 0 Å². The highest BCUT2D eigenvalue weighted by atomic mass is 19.1. The first-order valence-electron chi connectivity index (χ1n) is 6.93. The Hall–Kier alpha value is -2.24. The smallest absolute Gasteiger partial charge is 0.255 e. The van der Waals surface area contributed by atoms with E-state index in [-0.39, 0.29) is 12.1 Å². The van der Waals surface area contributed by atoms with E-state index in [1.54, 1.807) is 0 Å². The molecular weight excluding hydrogens is 276 g/mol. The molecule has 0 radical (unpaired) electrons. The first kappa shape index (κ1) is 13.7. The number of halogens is 2. The second-order valence-corrected chi connectivity index (χ2v) is 5.18.